The van der Waals surface area contributed by atoms with E-state index in [1.165, 1.54) is 31.4 Å². The Bertz CT molecular complexity index is 949. The third kappa shape index (κ3) is 4.17. The van der Waals surface area contributed by atoms with Crippen molar-refractivity contribution in [2.45, 2.75) is 56.9 Å². The summed E-state index contributed by atoms with van der Waals surface area (Å²) in [4.78, 5) is 15.2. The standard InChI is InChI=1S/C26H36N4O2/c1-29-24(15-23(28-29)21-10-6-7-11-25(21)32-2)22-17-30-13-12-19(22)14-20(30)16-27-26(31)18-8-4-3-5-9-18/h6-7,10-11,15,18-20,22H,3-5,8-9,12-14,16-17H2,1-2H3,(H,27,31)/t19-,20+,22+/m0/s1. The molecule has 6 heteroatoms. The normalized spacial score (nSPS) is 27.9. The lowest BCUT2D eigenvalue weighted by Crippen LogP contribution is -2.56. The van der Waals surface area contributed by atoms with E-state index in [1.807, 2.05) is 18.2 Å². The van der Waals surface area contributed by atoms with Crippen LogP contribution in [0, 0.1) is 11.8 Å². The predicted molar refractivity (Wildman–Crippen MR) is 126 cm³/mol. The van der Waals surface area contributed by atoms with E-state index in [4.69, 9.17) is 9.84 Å². The Balaban J connectivity index is 1.25. The molecule has 4 heterocycles. The number of aromatic nitrogens is 2. The Hall–Kier alpha value is -2.34. The Kier molecular flexibility index (Phi) is 6.22. The molecule has 1 N–H and O–H groups in total. The summed E-state index contributed by atoms with van der Waals surface area (Å²) in [6, 6.07) is 10.8. The van der Waals surface area contributed by atoms with E-state index in [9.17, 15) is 4.79 Å². The number of carbonyl (C=O) groups is 1. The molecule has 6 nitrogen and oxygen atoms in total. The average Bonchev–Trinajstić information content (AvgIpc) is 3.24. The maximum atomic E-state index is 12.6. The zero-order valence-corrected chi connectivity index (χ0v) is 19.4. The van der Waals surface area contributed by atoms with Gasteiger partial charge in [-0.1, -0.05) is 31.4 Å². The van der Waals surface area contributed by atoms with Crippen molar-refractivity contribution in [3.8, 4) is 17.0 Å². The molecule has 4 fully saturated rings. The molecule has 1 unspecified atom stereocenters. The van der Waals surface area contributed by atoms with Crippen molar-refractivity contribution in [1.82, 2.24) is 20.0 Å². The van der Waals surface area contributed by atoms with Crippen LogP contribution in [-0.4, -0.2) is 53.4 Å². The van der Waals surface area contributed by atoms with Gasteiger partial charge in [-0.2, -0.15) is 5.10 Å². The molecule has 3 saturated heterocycles. The van der Waals surface area contributed by atoms with Crippen molar-refractivity contribution < 1.29 is 9.53 Å². The second-order valence-electron chi connectivity index (χ2n) is 9.90. The number of carbonyl (C=O) groups excluding carboxylic acids is 1. The van der Waals surface area contributed by atoms with Gasteiger partial charge in [0.2, 0.25) is 5.91 Å². The lowest BCUT2D eigenvalue weighted by molar-refractivity contribution is -0.126. The topological polar surface area (TPSA) is 59.4 Å². The fourth-order valence-corrected chi connectivity index (χ4v) is 6.23. The van der Waals surface area contributed by atoms with E-state index >= 15 is 0 Å². The number of methoxy groups -OCH3 is 1. The fraction of sp³-hybridized carbons (Fsp3) is 0.615. The third-order valence-corrected chi connectivity index (χ3v) is 8.05. The van der Waals surface area contributed by atoms with Crippen LogP contribution in [0.3, 0.4) is 0 Å². The Labute approximate surface area is 191 Å². The fourth-order valence-electron chi connectivity index (χ4n) is 6.23. The van der Waals surface area contributed by atoms with Gasteiger partial charge in [-0.15, -0.1) is 0 Å². The average molecular weight is 437 g/mol. The molecule has 1 aliphatic carbocycles. The van der Waals surface area contributed by atoms with Crippen molar-refractivity contribution in [2.75, 3.05) is 26.7 Å². The number of piperidine rings is 3. The van der Waals surface area contributed by atoms with E-state index in [2.05, 4.69) is 34.1 Å². The van der Waals surface area contributed by atoms with Crippen LogP contribution in [0.4, 0.5) is 0 Å². The molecule has 4 atom stereocenters. The van der Waals surface area contributed by atoms with Crippen LogP contribution in [0.25, 0.3) is 11.3 Å². The van der Waals surface area contributed by atoms with Gasteiger partial charge < -0.3 is 10.1 Å². The van der Waals surface area contributed by atoms with E-state index in [1.54, 1.807) is 7.11 Å². The zero-order chi connectivity index (χ0) is 22.1. The van der Waals surface area contributed by atoms with Gasteiger partial charge >= 0.3 is 0 Å². The number of para-hydroxylation sites is 1. The second-order valence-corrected chi connectivity index (χ2v) is 9.90. The lowest BCUT2D eigenvalue weighted by Gasteiger charge is -2.50. The highest BCUT2D eigenvalue weighted by molar-refractivity contribution is 5.78. The van der Waals surface area contributed by atoms with Crippen LogP contribution in [0.15, 0.2) is 30.3 Å². The van der Waals surface area contributed by atoms with Crippen molar-refractivity contribution in [2.24, 2.45) is 18.9 Å². The summed E-state index contributed by atoms with van der Waals surface area (Å²) in [5.41, 5.74) is 3.33. The van der Waals surface area contributed by atoms with Crippen LogP contribution >= 0.6 is 0 Å². The SMILES string of the molecule is COc1ccccc1-c1cc([C@@H]2CN3CC[C@H]2C[C@@H]3CNC(=O)C2CCCCC2)n(C)n1. The first-order valence-corrected chi connectivity index (χ1v) is 12.3. The van der Waals surface area contributed by atoms with Crippen molar-refractivity contribution >= 4 is 5.91 Å². The first-order valence-electron chi connectivity index (χ1n) is 12.3. The van der Waals surface area contributed by atoms with Gasteiger partial charge in [0.25, 0.3) is 0 Å². The number of aryl methyl sites for hydroxylation is 1. The number of hydrogen-bond acceptors (Lipinski definition) is 4. The number of fused-ring (bicyclic) bond motifs is 3. The van der Waals surface area contributed by atoms with Gasteiger partial charge in [0, 0.05) is 49.3 Å². The number of rotatable bonds is 6. The molecule has 2 bridgehead atoms. The summed E-state index contributed by atoms with van der Waals surface area (Å²) in [6.07, 6.45) is 8.23. The summed E-state index contributed by atoms with van der Waals surface area (Å²) in [5.74, 6) is 2.54. The molecule has 1 aromatic heterocycles. The minimum Gasteiger partial charge on any atom is -0.496 e. The summed E-state index contributed by atoms with van der Waals surface area (Å²) < 4.78 is 7.62. The zero-order valence-electron chi connectivity index (χ0n) is 19.4. The summed E-state index contributed by atoms with van der Waals surface area (Å²) in [6.45, 7) is 3.00. The molecule has 2 aromatic rings. The number of nitrogens with zero attached hydrogens (tertiary/aromatic N) is 3. The molecular weight excluding hydrogens is 400 g/mol. The minimum atomic E-state index is 0.245. The molecule has 1 aromatic carbocycles. The highest BCUT2D eigenvalue weighted by Crippen LogP contribution is 2.43. The van der Waals surface area contributed by atoms with E-state index in [0.717, 1.165) is 55.9 Å². The molecular formula is C26H36N4O2. The molecule has 6 rings (SSSR count). The highest BCUT2D eigenvalue weighted by Gasteiger charge is 2.42. The quantitative estimate of drug-likeness (QED) is 0.744. The molecule has 1 amide bonds. The lowest BCUT2D eigenvalue weighted by atomic mass is 9.74. The maximum absolute atomic E-state index is 12.6. The molecule has 32 heavy (non-hydrogen) atoms. The molecule has 0 spiro atoms. The van der Waals surface area contributed by atoms with Crippen molar-refractivity contribution in [3.63, 3.8) is 0 Å². The van der Waals surface area contributed by atoms with Crippen LogP contribution in [0.1, 0.15) is 56.6 Å². The summed E-state index contributed by atoms with van der Waals surface area (Å²) >= 11 is 0. The van der Waals surface area contributed by atoms with Gasteiger partial charge in [-0.25, -0.2) is 0 Å². The van der Waals surface area contributed by atoms with Crippen molar-refractivity contribution in [3.05, 3.63) is 36.0 Å². The van der Waals surface area contributed by atoms with Gasteiger partial charge in [0.15, 0.2) is 0 Å². The summed E-state index contributed by atoms with van der Waals surface area (Å²) in [7, 11) is 3.77. The number of ether oxygens (including phenoxy) is 1. The molecule has 4 aliphatic rings. The van der Waals surface area contributed by atoms with Crippen molar-refractivity contribution in [1.29, 1.82) is 0 Å². The second kappa shape index (κ2) is 9.26. The number of hydrogen-bond donors (Lipinski definition) is 1. The Morgan fingerprint density at radius 2 is 2.00 bits per heavy atom. The number of nitrogens with one attached hydrogen (secondary N) is 1. The minimum absolute atomic E-state index is 0.245. The molecule has 0 radical (unpaired) electrons. The van der Waals surface area contributed by atoms with Gasteiger partial charge in [-0.3, -0.25) is 14.4 Å². The van der Waals surface area contributed by atoms with Gasteiger partial charge in [0.05, 0.1) is 12.8 Å². The van der Waals surface area contributed by atoms with E-state index in [-0.39, 0.29) is 11.8 Å². The Morgan fingerprint density at radius 3 is 2.75 bits per heavy atom. The highest BCUT2D eigenvalue weighted by atomic mass is 16.5. The molecule has 1 saturated carbocycles. The van der Waals surface area contributed by atoms with Crippen LogP contribution in [0.2, 0.25) is 0 Å². The monoisotopic (exact) mass is 436 g/mol. The van der Waals surface area contributed by atoms with E-state index in [0.29, 0.717) is 17.9 Å². The Morgan fingerprint density at radius 1 is 1.19 bits per heavy atom. The third-order valence-electron chi connectivity index (χ3n) is 8.05. The van der Waals surface area contributed by atoms with Gasteiger partial charge in [-0.05, 0) is 56.3 Å². The summed E-state index contributed by atoms with van der Waals surface area (Å²) in [5, 5.41) is 8.14. The van der Waals surface area contributed by atoms with E-state index < -0.39 is 0 Å². The molecule has 3 aliphatic heterocycles. The number of amides is 1. The smallest absolute Gasteiger partial charge is 0.223 e. The maximum Gasteiger partial charge on any atom is 0.223 e. The predicted octanol–water partition coefficient (Wildman–Crippen LogP) is 3.97. The first-order chi connectivity index (χ1) is 15.6. The van der Waals surface area contributed by atoms with Crippen LogP contribution < -0.4 is 10.1 Å². The van der Waals surface area contributed by atoms with Gasteiger partial charge in [0.1, 0.15) is 5.75 Å². The van der Waals surface area contributed by atoms with Crippen LogP contribution in [-0.2, 0) is 11.8 Å². The largest absolute Gasteiger partial charge is 0.496 e. The number of benzene rings is 1. The molecule has 172 valence electrons. The van der Waals surface area contributed by atoms with Crippen LogP contribution in [0.5, 0.6) is 5.75 Å². The first kappa shape index (κ1) is 21.5.